The molecule has 0 radical (unpaired) electrons. The average Bonchev–Trinajstić information content (AvgIpc) is 3.22. The van der Waals surface area contributed by atoms with E-state index in [9.17, 15) is 13.6 Å². The van der Waals surface area contributed by atoms with Gasteiger partial charge >= 0.3 is 6.61 Å². The van der Waals surface area contributed by atoms with Crippen LogP contribution < -0.4 is 10.1 Å². The summed E-state index contributed by atoms with van der Waals surface area (Å²) in [6.07, 6.45) is 5.09. The Kier molecular flexibility index (Phi) is 5.33. The predicted octanol–water partition coefficient (Wildman–Crippen LogP) is 3.98. The number of ether oxygens (including phenoxy) is 1. The molecule has 114 valence electrons. The van der Waals surface area contributed by atoms with Gasteiger partial charge in [0, 0.05) is 22.2 Å². The van der Waals surface area contributed by atoms with Gasteiger partial charge in [-0.1, -0.05) is 15.9 Å². The highest BCUT2D eigenvalue weighted by Gasteiger charge is 2.28. The van der Waals surface area contributed by atoms with Gasteiger partial charge in [-0.25, -0.2) is 0 Å². The largest absolute Gasteiger partial charge is 0.434 e. The quantitative estimate of drug-likeness (QED) is 0.780. The summed E-state index contributed by atoms with van der Waals surface area (Å²) in [7, 11) is 0. The highest BCUT2D eigenvalue weighted by atomic mass is 79.9. The predicted molar refractivity (Wildman–Crippen MR) is 80.1 cm³/mol. The minimum atomic E-state index is -2.90. The van der Waals surface area contributed by atoms with Gasteiger partial charge in [0.25, 0.3) is 0 Å². The molecule has 0 bridgehead atoms. The Balaban J connectivity index is 2.04. The first-order valence-electron chi connectivity index (χ1n) is 6.68. The third-order valence-electron chi connectivity index (χ3n) is 3.30. The normalized spacial score (nSPS) is 16.2. The summed E-state index contributed by atoms with van der Waals surface area (Å²) in [4.78, 5) is 11.8. The second-order valence-electron chi connectivity index (χ2n) is 5.03. The molecule has 1 atom stereocenters. The fourth-order valence-corrected chi connectivity index (χ4v) is 2.38. The molecule has 1 aliphatic carbocycles. The van der Waals surface area contributed by atoms with Crippen LogP contribution in [0, 0.1) is 5.92 Å². The monoisotopic (exact) mass is 359 g/mol. The molecule has 21 heavy (non-hydrogen) atoms. The molecule has 1 aromatic carbocycles. The molecule has 3 nitrogen and oxygen atoms in total. The van der Waals surface area contributed by atoms with Crippen LogP contribution in [0.1, 0.15) is 25.3 Å². The number of hydrogen-bond acceptors (Lipinski definition) is 2. The number of benzene rings is 1. The van der Waals surface area contributed by atoms with Crippen molar-refractivity contribution in [3.8, 4) is 5.75 Å². The highest BCUT2D eigenvalue weighted by molar-refractivity contribution is 9.10. The van der Waals surface area contributed by atoms with Crippen molar-refractivity contribution in [1.82, 2.24) is 5.32 Å². The van der Waals surface area contributed by atoms with Gasteiger partial charge in [-0.3, -0.25) is 4.79 Å². The average molecular weight is 360 g/mol. The summed E-state index contributed by atoms with van der Waals surface area (Å²) < 4.78 is 29.8. The maximum atomic E-state index is 12.3. The van der Waals surface area contributed by atoms with E-state index < -0.39 is 6.61 Å². The van der Waals surface area contributed by atoms with Crippen LogP contribution in [0.2, 0.25) is 0 Å². The molecule has 6 heteroatoms. The molecule has 1 fully saturated rings. The Morgan fingerprint density at radius 2 is 2.19 bits per heavy atom. The van der Waals surface area contributed by atoms with Crippen LogP contribution in [-0.4, -0.2) is 18.6 Å². The van der Waals surface area contributed by atoms with Crippen molar-refractivity contribution in [3.05, 3.63) is 34.3 Å². The van der Waals surface area contributed by atoms with E-state index in [2.05, 4.69) is 26.0 Å². The number of carbonyl (C=O) groups is 1. The molecule has 0 spiro atoms. The Bertz CT molecular complexity index is 544. The molecule has 1 unspecified atom stereocenters. The van der Waals surface area contributed by atoms with Gasteiger partial charge in [-0.05, 0) is 50.0 Å². The number of hydrogen-bond donors (Lipinski definition) is 1. The van der Waals surface area contributed by atoms with Crippen molar-refractivity contribution in [1.29, 1.82) is 0 Å². The summed E-state index contributed by atoms with van der Waals surface area (Å²) in [5.74, 6) is 0.357. The topological polar surface area (TPSA) is 38.3 Å². The highest BCUT2D eigenvalue weighted by Crippen LogP contribution is 2.32. The lowest BCUT2D eigenvalue weighted by Gasteiger charge is -2.11. The first-order valence-corrected chi connectivity index (χ1v) is 7.48. The van der Waals surface area contributed by atoms with Crippen LogP contribution in [-0.2, 0) is 4.79 Å². The van der Waals surface area contributed by atoms with Gasteiger partial charge in [0.1, 0.15) is 5.75 Å². The van der Waals surface area contributed by atoms with E-state index in [4.69, 9.17) is 0 Å². The molecule has 0 saturated heterocycles. The lowest BCUT2D eigenvalue weighted by atomic mass is 10.1. The minimum Gasteiger partial charge on any atom is -0.434 e. The molecule has 1 saturated carbocycles. The molecule has 1 amide bonds. The summed E-state index contributed by atoms with van der Waals surface area (Å²) in [6, 6.07) is 4.79. The van der Waals surface area contributed by atoms with Gasteiger partial charge in [0.2, 0.25) is 5.91 Å². The van der Waals surface area contributed by atoms with Crippen molar-refractivity contribution in [2.24, 2.45) is 5.92 Å². The van der Waals surface area contributed by atoms with Crippen molar-refractivity contribution < 1.29 is 18.3 Å². The Morgan fingerprint density at radius 3 is 2.81 bits per heavy atom. The number of nitrogens with one attached hydrogen (secondary N) is 1. The molecular weight excluding hydrogens is 344 g/mol. The minimum absolute atomic E-state index is 0.0347. The van der Waals surface area contributed by atoms with Crippen molar-refractivity contribution in [3.63, 3.8) is 0 Å². The van der Waals surface area contributed by atoms with E-state index in [1.165, 1.54) is 18.2 Å². The standard InChI is InChI=1S/C15H16BrF2NO2/c1-9(10-2-3-10)19-14(20)7-4-11-8-12(16)5-6-13(11)21-15(17)18/h4-10,15H,2-3H2,1H3,(H,19,20)/b7-4+. The van der Waals surface area contributed by atoms with Gasteiger partial charge in [-0.2, -0.15) is 8.78 Å². The number of carbonyl (C=O) groups excluding carboxylic acids is 1. The third-order valence-corrected chi connectivity index (χ3v) is 3.79. The van der Waals surface area contributed by atoms with Gasteiger partial charge in [0.05, 0.1) is 0 Å². The molecular formula is C15H16BrF2NO2. The molecule has 2 rings (SSSR count). The zero-order chi connectivity index (χ0) is 15.4. The van der Waals surface area contributed by atoms with Gasteiger partial charge in [0.15, 0.2) is 0 Å². The third kappa shape index (κ3) is 5.12. The van der Waals surface area contributed by atoms with Gasteiger partial charge < -0.3 is 10.1 Å². The summed E-state index contributed by atoms with van der Waals surface area (Å²) >= 11 is 3.26. The Morgan fingerprint density at radius 1 is 1.48 bits per heavy atom. The van der Waals surface area contributed by atoms with E-state index in [0.717, 1.165) is 17.3 Å². The number of halogens is 3. The van der Waals surface area contributed by atoms with Crippen molar-refractivity contribution in [2.45, 2.75) is 32.4 Å². The zero-order valence-corrected chi connectivity index (χ0v) is 13.1. The van der Waals surface area contributed by atoms with E-state index >= 15 is 0 Å². The summed E-state index contributed by atoms with van der Waals surface area (Å²) in [5, 5.41) is 2.86. The smallest absolute Gasteiger partial charge is 0.387 e. The molecule has 1 N–H and O–H groups in total. The molecule has 0 aliphatic heterocycles. The summed E-state index contributed by atoms with van der Waals surface area (Å²) in [5.41, 5.74) is 0.416. The SMILES string of the molecule is CC(NC(=O)/C=C/c1cc(Br)ccc1OC(F)F)C1CC1. The molecule has 1 aliphatic rings. The Labute approximate surface area is 130 Å². The molecule has 0 aromatic heterocycles. The van der Waals surface area contributed by atoms with Crippen LogP contribution in [0.25, 0.3) is 6.08 Å². The van der Waals surface area contributed by atoms with Gasteiger partial charge in [-0.15, -0.1) is 0 Å². The zero-order valence-electron chi connectivity index (χ0n) is 11.5. The van der Waals surface area contributed by atoms with Crippen LogP contribution in [0.3, 0.4) is 0 Å². The summed E-state index contributed by atoms with van der Waals surface area (Å²) in [6.45, 7) is -0.935. The van der Waals surface area contributed by atoms with Crippen LogP contribution in [0.5, 0.6) is 5.75 Å². The van der Waals surface area contributed by atoms with E-state index in [1.54, 1.807) is 12.1 Å². The second kappa shape index (κ2) is 7.02. The first-order chi connectivity index (χ1) is 9.95. The maximum Gasteiger partial charge on any atom is 0.387 e. The Hall–Kier alpha value is -1.43. The molecule has 0 heterocycles. The van der Waals surface area contributed by atoms with Crippen LogP contribution >= 0.6 is 15.9 Å². The number of alkyl halides is 2. The van der Waals surface area contributed by atoms with E-state index in [1.807, 2.05) is 6.92 Å². The number of rotatable bonds is 6. The van der Waals surface area contributed by atoms with E-state index in [-0.39, 0.29) is 17.7 Å². The molecule has 1 aromatic rings. The fourth-order valence-electron chi connectivity index (χ4n) is 2.00. The van der Waals surface area contributed by atoms with Crippen LogP contribution in [0.4, 0.5) is 8.78 Å². The second-order valence-corrected chi connectivity index (χ2v) is 5.94. The lowest BCUT2D eigenvalue weighted by Crippen LogP contribution is -2.32. The first kappa shape index (κ1) is 15.9. The fraction of sp³-hybridized carbons (Fsp3) is 0.400. The van der Waals surface area contributed by atoms with Crippen LogP contribution in [0.15, 0.2) is 28.7 Å². The lowest BCUT2D eigenvalue weighted by molar-refractivity contribution is -0.117. The number of amides is 1. The van der Waals surface area contributed by atoms with Crippen molar-refractivity contribution in [2.75, 3.05) is 0 Å². The maximum absolute atomic E-state index is 12.3. The van der Waals surface area contributed by atoms with Crippen molar-refractivity contribution >= 4 is 27.9 Å². The van der Waals surface area contributed by atoms with E-state index in [0.29, 0.717) is 11.5 Å².